The minimum atomic E-state index is -1.08. The van der Waals surface area contributed by atoms with Gasteiger partial charge in [0.25, 0.3) is 0 Å². The molecular formula is C28H40N4O5. The molecular weight excluding hydrogens is 472 g/mol. The fraction of sp³-hybridized carbons (Fsp3) is 0.750. The average Bonchev–Trinajstić information content (AvgIpc) is 3.36. The van der Waals surface area contributed by atoms with E-state index in [4.69, 9.17) is 9.84 Å². The smallest absolute Gasteiger partial charge is 0.325 e. The normalized spacial score (nSPS) is 39.1. The van der Waals surface area contributed by atoms with Crippen LogP contribution in [-0.2, 0) is 25.7 Å². The number of carbonyl (C=O) groups excluding carboxylic acids is 2. The van der Waals surface area contributed by atoms with Gasteiger partial charge in [-0.25, -0.2) is 4.68 Å². The van der Waals surface area contributed by atoms with E-state index in [1.807, 2.05) is 6.20 Å². The summed E-state index contributed by atoms with van der Waals surface area (Å²) in [5.74, 6) is -0.710. The molecule has 0 radical (unpaired) electrons. The molecule has 9 nitrogen and oxygen atoms in total. The second kappa shape index (κ2) is 8.67. The minimum Gasteiger partial charge on any atom is -0.480 e. The highest BCUT2D eigenvalue weighted by Gasteiger charge is 2.66. The standard InChI is InChI=1S/C28H40N4O5/c1-17(23(34)35)29-22(33)15-32-14-19(30-31-32)18-13-28-12-8-20-26(3,21(28)7-11-25(18,2)16-28)9-6-10-27(20,4)24(36)37-5/h13-14,17,20-21H,6-12,15-16H2,1-5H3,(H,29,33)(H,34,35)/t17-,20-,21-,25-,26+,27+,28-/m0/s1. The summed E-state index contributed by atoms with van der Waals surface area (Å²) in [5.41, 5.74) is 1.77. The molecule has 37 heavy (non-hydrogen) atoms. The summed E-state index contributed by atoms with van der Waals surface area (Å²) in [6.45, 7) is 8.26. The van der Waals surface area contributed by atoms with Gasteiger partial charge < -0.3 is 15.2 Å². The first-order chi connectivity index (χ1) is 17.4. The van der Waals surface area contributed by atoms with Crippen LogP contribution in [-0.4, -0.2) is 51.1 Å². The van der Waals surface area contributed by atoms with Crippen molar-refractivity contribution in [3.8, 4) is 0 Å². The number of aromatic nitrogens is 3. The van der Waals surface area contributed by atoms with E-state index in [1.54, 1.807) is 0 Å². The molecule has 0 aromatic carbocycles. The number of carboxylic acids is 1. The zero-order valence-electron chi connectivity index (χ0n) is 22.7. The molecule has 3 fully saturated rings. The molecule has 0 aliphatic heterocycles. The molecule has 1 amide bonds. The van der Waals surface area contributed by atoms with Crippen LogP contribution in [0.15, 0.2) is 12.3 Å². The quantitative estimate of drug-likeness (QED) is 0.555. The number of nitrogens with one attached hydrogen (secondary N) is 1. The zero-order valence-corrected chi connectivity index (χ0v) is 22.7. The van der Waals surface area contributed by atoms with E-state index < -0.39 is 23.3 Å². The molecule has 0 saturated heterocycles. The number of rotatable bonds is 6. The Morgan fingerprint density at radius 1 is 1.16 bits per heavy atom. The van der Waals surface area contributed by atoms with E-state index in [-0.39, 0.29) is 28.8 Å². The van der Waals surface area contributed by atoms with E-state index in [2.05, 4.69) is 42.5 Å². The summed E-state index contributed by atoms with van der Waals surface area (Å²) >= 11 is 0. The number of methoxy groups -OCH3 is 1. The van der Waals surface area contributed by atoms with Gasteiger partial charge in [-0.15, -0.1) is 5.10 Å². The molecule has 3 saturated carbocycles. The maximum absolute atomic E-state index is 13.0. The minimum absolute atomic E-state index is 0.000952. The number of amides is 1. The van der Waals surface area contributed by atoms with Crippen molar-refractivity contribution >= 4 is 23.4 Å². The molecule has 0 unspecified atom stereocenters. The molecule has 4 aliphatic carbocycles. The fourth-order valence-corrected chi connectivity index (χ4v) is 9.10. The maximum Gasteiger partial charge on any atom is 0.325 e. The lowest BCUT2D eigenvalue weighted by Gasteiger charge is -2.64. The van der Waals surface area contributed by atoms with Crippen LogP contribution in [0.2, 0.25) is 0 Å². The summed E-state index contributed by atoms with van der Waals surface area (Å²) in [5, 5.41) is 20.1. The largest absolute Gasteiger partial charge is 0.480 e. The SMILES string of the molecule is COC(=O)[C@]1(C)CCC[C@@]2(C)[C@@H]3CC[C@@]4(C)C[C@@]3(C=C4c3cn(CC(=O)N[C@@H](C)C(=O)O)nn3)CC[C@@H]21. The Morgan fingerprint density at radius 3 is 2.59 bits per heavy atom. The number of fused-ring (bicyclic) bond motifs is 3. The van der Waals surface area contributed by atoms with Gasteiger partial charge in [-0.3, -0.25) is 14.4 Å². The number of aliphatic carboxylic acids is 1. The number of esters is 1. The van der Waals surface area contributed by atoms with Crippen molar-refractivity contribution in [2.75, 3.05) is 7.11 Å². The number of ether oxygens (including phenoxy) is 1. The van der Waals surface area contributed by atoms with Crippen LogP contribution in [0.4, 0.5) is 0 Å². The predicted molar refractivity (Wildman–Crippen MR) is 136 cm³/mol. The Balaban J connectivity index is 1.41. The van der Waals surface area contributed by atoms with Crippen LogP contribution >= 0.6 is 0 Å². The van der Waals surface area contributed by atoms with Gasteiger partial charge in [-0.05, 0) is 92.4 Å². The number of nitrogens with zero attached hydrogens (tertiary/aromatic N) is 3. The summed E-state index contributed by atoms with van der Waals surface area (Å²) in [6, 6.07) is -0.959. The van der Waals surface area contributed by atoms with Crippen LogP contribution in [0, 0.1) is 33.5 Å². The second-order valence-electron chi connectivity index (χ2n) is 12.9. The molecule has 7 atom stereocenters. The Kier molecular flexibility index (Phi) is 6.07. The lowest BCUT2D eigenvalue weighted by Crippen LogP contribution is -2.58. The van der Waals surface area contributed by atoms with Crippen LogP contribution in [0.5, 0.6) is 0 Å². The Bertz CT molecular complexity index is 1160. The van der Waals surface area contributed by atoms with Gasteiger partial charge in [0.15, 0.2) is 0 Å². The molecule has 9 heteroatoms. The maximum atomic E-state index is 13.0. The molecule has 4 aliphatic rings. The van der Waals surface area contributed by atoms with Crippen molar-refractivity contribution in [2.45, 2.75) is 91.6 Å². The van der Waals surface area contributed by atoms with E-state index >= 15 is 0 Å². The number of carboxylic acid groups (broad SMARTS) is 1. The molecule has 1 aromatic rings. The first-order valence-corrected chi connectivity index (χ1v) is 13.6. The summed E-state index contributed by atoms with van der Waals surface area (Å²) in [7, 11) is 1.52. The zero-order chi connectivity index (χ0) is 26.8. The van der Waals surface area contributed by atoms with Gasteiger partial charge in [0.1, 0.15) is 18.3 Å². The topological polar surface area (TPSA) is 123 Å². The Labute approximate surface area is 218 Å². The number of hydrogen-bond acceptors (Lipinski definition) is 6. The highest BCUT2D eigenvalue weighted by Crippen LogP contribution is 2.73. The molecule has 2 bridgehead atoms. The van der Waals surface area contributed by atoms with Crippen molar-refractivity contribution in [2.24, 2.45) is 33.5 Å². The Morgan fingerprint density at radius 2 is 1.89 bits per heavy atom. The second-order valence-corrected chi connectivity index (χ2v) is 12.9. The van der Waals surface area contributed by atoms with E-state index in [9.17, 15) is 14.4 Å². The number of hydrogen-bond donors (Lipinski definition) is 2. The molecule has 202 valence electrons. The lowest BCUT2D eigenvalue weighted by atomic mass is 9.40. The third-order valence-electron chi connectivity index (χ3n) is 10.7. The van der Waals surface area contributed by atoms with Crippen LogP contribution in [0.3, 0.4) is 0 Å². The lowest BCUT2D eigenvalue weighted by molar-refractivity contribution is -0.182. The van der Waals surface area contributed by atoms with Crippen molar-refractivity contribution in [3.63, 3.8) is 0 Å². The molecule has 1 spiro atoms. The van der Waals surface area contributed by atoms with Crippen LogP contribution < -0.4 is 5.32 Å². The highest BCUT2D eigenvalue weighted by molar-refractivity contribution is 5.83. The summed E-state index contributed by atoms with van der Waals surface area (Å²) < 4.78 is 6.80. The fourth-order valence-electron chi connectivity index (χ4n) is 9.10. The van der Waals surface area contributed by atoms with Crippen molar-refractivity contribution in [1.29, 1.82) is 0 Å². The monoisotopic (exact) mass is 512 g/mol. The van der Waals surface area contributed by atoms with Gasteiger partial charge in [0.2, 0.25) is 5.91 Å². The van der Waals surface area contributed by atoms with Gasteiger partial charge in [0, 0.05) is 0 Å². The third kappa shape index (κ3) is 3.91. The van der Waals surface area contributed by atoms with E-state index in [0.29, 0.717) is 11.8 Å². The van der Waals surface area contributed by atoms with Gasteiger partial charge in [-0.2, -0.15) is 0 Å². The van der Waals surface area contributed by atoms with E-state index in [0.717, 1.165) is 57.1 Å². The number of carbonyl (C=O) groups is 3. The molecule has 5 rings (SSSR count). The summed E-state index contributed by atoms with van der Waals surface area (Å²) in [4.78, 5) is 36.3. The summed E-state index contributed by atoms with van der Waals surface area (Å²) in [6.07, 6.45) is 12.8. The molecule has 2 N–H and O–H groups in total. The van der Waals surface area contributed by atoms with Crippen LogP contribution in [0.25, 0.3) is 5.57 Å². The van der Waals surface area contributed by atoms with E-state index in [1.165, 1.54) is 24.3 Å². The van der Waals surface area contributed by atoms with Gasteiger partial charge in [0.05, 0.1) is 18.7 Å². The first kappa shape index (κ1) is 25.9. The van der Waals surface area contributed by atoms with Crippen molar-refractivity contribution in [1.82, 2.24) is 20.3 Å². The highest BCUT2D eigenvalue weighted by atomic mass is 16.5. The van der Waals surface area contributed by atoms with Crippen molar-refractivity contribution < 1.29 is 24.2 Å². The van der Waals surface area contributed by atoms with Gasteiger partial charge in [-0.1, -0.05) is 31.6 Å². The first-order valence-electron chi connectivity index (χ1n) is 13.6. The molecule has 1 heterocycles. The van der Waals surface area contributed by atoms with Gasteiger partial charge >= 0.3 is 11.9 Å². The van der Waals surface area contributed by atoms with Crippen molar-refractivity contribution in [3.05, 3.63) is 18.0 Å². The predicted octanol–water partition coefficient (Wildman–Crippen LogP) is 3.84. The third-order valence-corrected chi connectivity index (χ3v) is 10.7. The average molecular weight is 513 g/mol. The number of allylic oxidation sites excluding steroid dienone is 2. The Hall–Kier alpha value is -2.71. The molecule has 1 aromatic heterocycles. The van der Waals surface area contributed by atoms with Crippen LogP contribution in [0.1, 0.15) is 84.8 Å².